The number of hydrogen-bond donors (Lipinski definition) is 0. The highest BCUT2D eigenvalue weighted by atomic mass is 15.5. The summed E-state index contributed by atoms with van der Waals surface area (Å²) in [5, 5.41) is 7.88. The lowest BCUT2D eigenvalue weighted by Crippen LogP contribution is -2.47. The molecule has 3 atom stereocenters. The average molecular weight is 500 g/mol. The molecule has 3 aliphatic rings. The van der Waals surface area contributed by atoms with Gasteiger partial charge in [-0.3, -0.25) is 10.0 Å². The summed E-state index contributed by atoms with van der Waals surface area (Å²) in [5.41, 5.74) is 6.35. The van der Waals surface area contributed by atoms with Crippen LogP contribution in [0.5, 0.6) is 0 Å². The molecular weight excluding hydrogens is 462 g/mol. The van der Waals surface area contributed by atoms with Crippen molar-refractivity contribution in [1.82, 2.24) is 5.01 Å². The Bertz CT molecular complexity index is 1330. The molecule has 1 aliphatic carbocycles. The predicted molar refractivity (Wildman–Crippen MR) is 161 cm³/mol. The van der Waals surface area contributed by atoms with Crippen LogP contribution < -0.4 is 0 Å². The number of rotatable bonds is 8. The average Bonchev–Trinajstić information content (AvgIpc) is 3.16. The van der Waals surface area contributed by atoms with E-state index in [2.05, 4.69) is 141 Å². The molecule has 3 nitrogen and oxygen atoms in total. The smallest absolute Gasteiger partial charge is 0.127 e. The summed E-state index contributed by atoms with van der Waals surface area (Å²) in [5.74, 6) is 0.511. The normalized spacial score (nSPS) is 21.8. The van der Waals surface area contributed by atoms with Crippen molar-refractivity contribution in [3.05, 3.63) is 144 Å². The molecule has 0 radical (unpaired) electrons. The lowest BCUT2D eigenvalue weighted by Gasteiger charge is -2.43. The van der Waals surface area contributed by atoms with E-state index >= 15 is 0 Å². The second-order valence-electron chi connectivity index (χ2n) is 10.5. The van der Waals surface area contributed by atoms with Gasteiger partial charge in [0, 0.05) is 24.3 Å². The van der Waals surface area contributed by atoms with Gasteiger partial charge in [0.15, 0.2) is 0 Å². The zero-order valence-electron chi connectivity index (χ0n) is 22.7. The summed E-state index contributed by atoms with van der Waals surface area (Å²) in [4.78, 5) is 4.56. The molecule has 0 bridgehead atoms. The van der Waals surface area contributed by atoms with Crippen molar-refractivity contribution in [3.63, 3.8) is 0 Å². The van der Waals surface area contributed by atoms with Crippen LogP contribution in [-0.4, -0.2) is 23.0 Å². The molecule has 2 heterocycles. The van der Waals surface area contributed by atoms with E-state index in [1.165, 1.54) is 16.7 Å². The third-order valence-electron chi connectivity index (χ3n) is 7.57. The van der Waals surface area contributed by atoms with E-state index in [1.807, 2.05) is 12.3 Å². The van der Waals surface area contributed by atoms with Crippen molar-refractivity contribution in [3.8, 4) is 0 Å². The summed E-state index contributed by atoms with van der Waals surface area (Å²) < 4.78 is 0. The van der Waals surface area contributed by atoms with Gasteiger partial charge in [-0.1, -0.05) is 116 Å². The van der Waals surface area contributed by atoms with Gasteiger partial charge in [-0.15, -0.1) is 6.58 Å². The summed E-state index contributed by atoms with van der Waals surface area (Å²) in [6.07, 6.45) is 21.8. The van der Waals surface area contributed by atoms with Crippen LogP contribution in [0.3, 0.4) is 0 Å². The highest BCUT2D eigenvalue weighted by Crippen LogP contribution is 2.46. The van der Waals surface area contributed by atoms with Crippen molar-refractivity contribution in [2.24, 2.45) is 21.9 Å². The second-order valence-corrected chi connectivity index (χ2v) is 10.5. The van der Waals surface area contributed by atoms with Crippen LogP contribution >= 0.6 is 0 Å². The number of benzene rings is 2. The largest absolute Gasteiger partial charge is 0.270 e. The number of allylic oxidation sites excluding steroid dienone is 8. The Morgan fingerprint density at radius 3 is 2.39 bits per heavy atom. The Kier molecular flexibility index (Phi) is 7.55. The van der Waals surface area contributed by atoms with E-state index in [1.54, 1.807) is 0 Å². The maximum absolute atomic E-state index is 5.53. The zero-order valence-corrected chi connectivity index (χ0v) is 22.7. The van der Waals surface area contributed by atoms with E-state index in [0.29, 0.717) is 5.92 Å². The predicted octanol–water partition coefficient (Wildman–Crippen LogP) is 8.18. The summed E-state index contributed by atoms with van der Waals surface area (Å²) >= 11 is 0. The molecule has 5 rings (SSSR count). The molecular formula is C35H37N3. The van der Waals surface area contributed by atoms with Crippen LogP contribution in [0.25, 0.3) is 0 Å². The van der Waals surface area contributed by atoms with Crippen LogP contribution in [0.2, 0.25) is 0 Å². The van der Waals surface area contributed by atoms with Crippen LogP contribution in [-0.2, 0) is 5.54 Å². The molecule has 2 aromatic carbocycles. The Balaban J connectivity index is 1.76. The molecule has 2 aromatic rings. The van der Waals surface area contributed by atoms with Crippen LogP contribution in [0.4, 0.5) is 0 Å². The highest BCUT2D eigenvalue weighted by Gasteiger charge is 2.48. The molecule has 0 aromatic heterocycles. The standard InChI is InChI=1S/C35H37N3/c1-5-13-26(2)21-22-35(30-15-8-6-9-16-30,31-17-10-7-11-18-31)38-33-20-19-27(3)24-32(33)34(37-38)29-14-12-23-36-28(4)25-29/h5-11,14-26,32-33H,1,12-13H2,2-4H3/b22-21+. The van der Waals surface area contributed by atoms with Crippen LogP contribution in [0, 0.1) is 11.8 Å². The van der Waals surface area contributed by atoms with Gasteiger partial charge in [0.1, 0.15) is 5.54 Å². The second kappa shape index (κ2) is 11.2. The first-order chi connectivity index (χ1) is 18.5. The van der Waals surface area contributed by atoms with Gasteiger partial charge in [-0.05, 0) is 49.0 Å². The van der Waals surface area contributed by atoms with E-state index in [0.717, 1.165) is 29.8 Å². The summed E-state index contributed by atoms with van der Waals surface area (Å²) in [6.45, 7) is 10.5. The Morgan fingerprint density at radius 2 is 1.74 bits per heavy atom. The minimum atomic E-state index is -0.591. The van der Waals surface area contributed by atoms with Crippen molar-refractivity contribution in [2.45, 2.75) is 45.2 Å². The molecule has 3 unspecified atom stereocenters. The summed E-state index contributed by atoms with van der Waals surface area (Å²) in [7, 11) is 0. The zero-order chi connectivity index (χ0) is 26.5. The quantitative estimate of drug-likeness (QED) is 0.337. The van der Waals surface area contributed by atoms with E-state index in [4.69, 9.17) is 5.10 Å². The van der Waals surface area contributed by atoms with E-state index in [9.17, 15) is 0 Å². The fraction of sp³-hybridized carbons (Fsp3) is 0.257. The first kappa shape index (κ1) is 25.7. The molecule has 0 amide bonds. The molecule has 3 heteroatoms. The molecule has 38 heavy (non-hydrogen) atoms. The number of aliphatic imine (C=N–C) groups is 1. The Labute approximate surface area is 227 Å². The maximum Gasteiger partial charge on any atom is 0.127 e. The first-order valence-electron chi connectivity index (χ1n) is 13.6. The fourth-order valence-electron chi connectivity index (χ4n) is 5.70. The van der Waals surface area contributed by atoms with Gasteiger partial charge < -0.3 is 0 Å². The number of hydrogen-bond acceptors (Lipinski definition) is 3. The monoisotopic (exact) mass is 499 g/mol. The molecule has 0 saturated heterocycles. The van der Waals surface area contributed by atoms with Crippen LogP contribution in [0.1, 0.15) is 44.7 Å². The van der Waals surface area contributed by atoms with Gasteiger partial charge in [-0.25, -0.2) is 0 Å². The lowest BCUT2D eigenvalue weighted by molar-refractivity contribution is 0.141. The van der Waals surface area contributed by atoms with E-state index < -0.39 is 5.54 Å². The topological polar surface area (TPSA) is 28.0 Å². The minimum Gasteiger partial charge on any atom is -0.270 e. The van der Waals surface area contributed by atoms with Crippen LogP contribution in [0.15, 0.2) is 143 Å². The van der Waals surface area contributed by atoms with Gasteiger partial charge in [0.05, 0.1) is 11.8 Å². The third-order valence-corrected chi connectivity index (χ3v) is 7.57. The lowest BCUT2D eigenvalue weighted by atomic mass is 9.78. The van der Waals surface area contributed by atoms with Crippen molar-refractivity contribution >= 4 is 11.9 Å². The SMILES string of the molecule is C=CCC(C)/C=C/C(c1ccccc1)(c1ccccc1)N1N=C(C2=CCC=NC(C)=C2)C2C=C(C)C=CC21. The third kappa shape index (κ3) is 4.93. The van der Waals surface area contributed by atoms with Gasteiger partial charge in [-0.2, -0.15) is 5.10 Å². The molecule has 0 fully saturated rings. The Morgan fingerprint density at radius 1 is 1.05 bits per heavy atom. The summed E-state index contributed by atoms with van der Waals surface area (Å²) in [6, 6.07) is 21.7. The van der Waals surface area contributed by atoms with Crippen molar-refractivity contribution < 1.29 is 0 Å². The molecule has 0 N–H and O–H groups in total. The van der Waals surface area contributed by atoms with Gasteiger partial charge in [0.2, 0.25) is 0 Å². The number of hydrazone groups is 1. The molecule has 0 saturated carbocycles. The maximum atomic E-state index is 5.53. The van der Waals surface area contributed by atoms with Crippen molar-refractivity contribution in [1.29, 1.82) is 0 Å². The first-order valence-corrected chi connectivity index (χ1v) is 13.6. The fourth-order valence-corrected chi connectivity index (χ4v) is 5.70. The Hall–Kier alpha value is -3.98. The molecule has 2 aliphatic heterocycles. The van der Waals surface area contributed by atoms with Crippen molar-refractivity contribution in [2.75, 3.05) is 0 Å². The van der Waals surface area contributed by atoms with Gasteiger partial charge >= 0.3 is 0 Å². The van der Waals surface area contributed by atoms with E-state index in [-0.39, 0.29) is 12.0 Å². The highest BCUT2D eigenvalue weighted by molar-refractivity contribution is 6.07. The molecule has 0 spiro atoms. The molecule has 192 valence electrons. The number of fused-ring (bicyclic) bond motifs is 1. The number of nitrogens with zero attached hydrogens (tertiary/aromatic N) is 3. The van der Waals surface area contributed by atoms with Gasteiger partial charge in [0.25, 0.3) is 0 Å². The minimum absolute atomic E-state index is 0.0762.